The van der Waals surface area contributed by atoms with Crippen LogP contribution in [0.15, 0.2) is 30.3 Å². The topological polar surface area (TPSA) is 37.3 Å². The number of hydrogen-bond donors (Lipinski definition) is 1. The van der Waals surface area contributed by atoms with Gasteiger partial charge in [0, 0.05) is 0 Å². The van der Waals surface area contributed by atoms with E-state index in [9.17, 15) is 4.79 Å². The van der Waals surface area contributed by atoms with Gasteiger partial charge in [0.25, 0.3) is 0 Å². The van der Waals surface area contributed by atoms with Gasteiger partial charge in [-0.15, -0.1) is 0 Å². The van der Waals surface area contributed by atoms with Crippen LogP contribution in [0.4, 0.5) is 0 Å². The van der Waals surface area contributed by atoms with Crippen LogP contribution in [0.3, 0.4) is 0 Å². The Kier molecular flexibility index (Phi) is 2.65. The van der Waals surface area contributed by atoms with Gasteiger partial charge >= 0.3 is 5.97 Å². The second-order valence-corrected chi connectivity index (χ2v) is 4.21. The van der Waals surface area contributed by atoms with Crippen molar-refractivity contribution in [2.75, 3.05) is 0 Å². The van der Waals surface area contributed by atoms with Crippen molar-refractivity contribution < 1.29 is 9.90 Å². The quantitative estimate of drug-likeness (QED) is 0.834. The molecular formula is C14H14O2. The van der Waals surface area contributed by atoms with Crippen molar-refractivity contribution in [3.8, 4) is 0 Å². The lowest BCUT2D eigenvalue weighted by Gasteiger charge is -2.06. The molecule has 0 aliphatic rings. The fraction of sp³-hybridized carbons (Fsp3) is 0.214. The number of aryl methyl sites for hydroxylation is 2. The summed E-state index contributed by atoms with van der Waals surface area (Å²) in [7, 11) is 0. The van der Waals surface area contributed by atoms with E-state index < -0.39 is 5.97 Å². The molecule has 0 aromatic heterocycles. The number of hydrogen-bond acceptors (Lipinski definition) is 1. The average Bonchev–Trinajstić information content (AvgIpc) is 2.15. The van der Waals surface area contributed by atoms with Gasteiger partial charge in [-0.05, 0) is 35.7 Å². The lowest BCUT2D eigenvalue weighted by Crippen LogP contribution is -1.99. The summed E-state index contributed by atoms with van der Waals surface area (Å²) in [4.78, 5) is 10.6. The summed E-state index contributed by atoms with van der Waals surface area (Å²) in [6.07, 6.45) is 0.0862. The summed E-state index contributed by atoms with van der Waals surface area (Å²) >= 11 is 0. The molecule has 2 aromatic carbocycles. The molecule has 2 rings (SSSR count). The minimum Gasteiger partial charge on any atom is -0.481 e. The molecule has 0 spiro atoms. The van der Waals surface area contributed by atoms with E-state index in [0.29, 0.717) is 0 Å². The van der Waals surface area contributed by atoms with Crippen LogP contribution in [-0.2, 0) is 11.2 Å². The van der Waals surface area contributed by atoms with E-state index >= 15 is 0 Å². The fourth-order valence-electron chi connectivity index (χ4n) is 2.08. The molecule has 0 bridgehead atoms. The zero-order chi connectivity index (χ0) is 11.7. The van der Waals surface area contributed by atoms with Gasteiger partial charge in [-0.2, -0.15) is 0 Å². The molecule has 0 fully saturated rings. The largest absolute Gasteiger partial charge is 0.481 e. The molecule has 0 heterocycles. The third kappa shape index (κ3) is 2.06. The molecule has 0 aliphatic heterocycles. The summed E-state index contributed by atoms with van der Waals surface area (Å²) < 4.78 is 0. The summed E-state index contributed by atoms with van der Waals surface area (Å²) in [5.74, 6) is -0.788. The fourth-order valence-corrected chi connectivity index (χ4v) is 2.08. The number of carboxylic acid groups (broad SMARTS) is 1. The standard InChI is InChI=1S/C14H14O2/c1-9-5-10(2)13-4-3-11(8-14(15)16)7-12(13)6-9/h3-7H,8H2,1-2H3,(H,15,16). The minimum absolute atomic E-state index is 0.0862. The molecule has 0 aliphatic carbocycles. The maximum Gasteiger partial charge on any atom is 0.307 e. The summed E-state index contributed by atoms with van der Waals surface area (Å²) in [6.45, 7) is 4.13. The molecule has 82 valence electrons. The number of rotatable bonds is 2. The van der Waals surface area contributed by atoms with Crippen molar-refractivity contribution in [1.29, 1.82) is 0 Å². The number of carboxylic acids is 1. The van der Waals surface area contributed by atoms with Crippen molar-refractivity contribution in [3.05, 3.63) is 47.0 Å². The van der Waals surface area contributed by atoms with Crippen molar-refractivity contribution in [2.45, 2.75) is 20.3 Å². The first-order valence-electron chi connectivity index (χ1n) is 5.28. The monoisotopic (exact) mass is 214 g/mol. The van der Waals surface area contributed by atoms with Crippen LogP contribution in [0.2, 0.25) is 0 Å². The zero-order valence-corrected chi connectivity index (χ0v) is 9.45. The maximum atomic E-state index is 10.6. The Bertz CT molecular complexity index is 556. The molecule has 0 unspecified atom stereocenters. The Morgan fingerprint density at radius 1 is 1.19 bits per heavy atom. The van der Waals surface area contributed by atoms with E-state index in [-0.39, 0.29) is 6.42 Å². The Labute approximate surface area is 94.5 Å². The molecule has 0 atom stereocenters. The predicted molar refractivity (Wildman–Crippen MR) is 64.8 cm³/mol. The van der Waals surface area contributed by atoms with Crippen LogP contribution in [0.25, 0.3) is 10.8 Å². The molecule has 2 heteroatoms. The third-order valence-corrected chi connectivity index (χ3v) is 2.72. The van der Waals surface area contributed by atoms with Gasteiger partial charge in [0.2, 0.25) is 0 Å². The summed E-state index contributed by atoms with van der Waals surface area (Å²) in [5.41, 5.74) is 3.29. The van der Waals surface area contributed by atoms with Crippen molar-refractivity contribution in [2.24, 2.45) is 0 Å². The first-order chi connectivity index (χ1) is 7.56. The highest BCUT2D eigenvalue weighted by molar-refractivity contribution is 5.87. The zero-order valence-electron chi connectivity index (χ0n) is 9.45. The maximum absolute atomic E-state index is 10.6. The first kappa shape index (κ1) is 10.7. The van der Waals surface area contributed by atoms with Crippen LogP contribution < -0.4 is 0 Å². The summed E-state index contributed by atoms with van der Waals surface area (Å²) in [6, 6.07) is 10.1. The van der Waals surface area contributed by atoms with E-state index in [2.05, 4.69) is 26.0 Å². The van der Waals surface area contributed by atoms with Gasteiger partial charge in [-0.25, -0.2) is 0 Å². The van der Waals surface area contributed by atoms with Gasteiger partial charge in [0.05, 0.1) is 6.42 Å². The van der Waals surface area contributed by atoms with Gasteiger partial charge in [-0.3, -0.25) is 4.79 Å². The second-order valence-electron chi connectivity index (χ2n) is 4.21. The number of fused-ring (bicyclic) bond motifs is 1. The van der Waals surface area contributed by atoms with Crippen molar-refractivity contribution in [1.82, 2.24) is 0 Å². The third-order valence-electron chi connectivity index (χ3n) is 2.72. The number of benzene rings is 2. The Morgan fingerprint density at radius 3 is 2.62 bits per heavy atom. The van der Waals surface area contributed by atoms with Crippen LogP contribution in [-0.4, -0.2) is 11.1 Å². The second kappa shape index (κ2) is 3.97. The predicted octanol–water partition coefficient (Wildman–Crippen LogP) is 3.08. The highest BCUT2D eigenvalue weighted by atomic mass is 16.4. The van der Waals surface area contributed by atoms with E-state index in [1.165, 1.54) is 16.5 Å². The molecular weight excluding hydrogens is 200 g/mol. The molecule has 16 heavy (non-hydrogen) atoms. The Hall–Kier alpha value is -1.83. The van der Waals surface area contributed by atoms with Gasteiger partial charge < -0.3 is 5.11 Å². The van der Waals surface area contributed by atoms with Crippen LogP contribution in [0.5, 0.6) is 0 Å². The van der Waals surface area contributed by atoms with Gasteiger partial charge in [0.1, 0.15) is 0 Å². The highest BCUT2D eigenvalue weighted by Gasteiger charge is 2.03. The van der Waals surface area contributed by atoms with E-state index in [4.69, 9.17) is 5.11 Å². The average molecular weight is 214 g/mol. The SMILES string of the molecule is Cc1cc(C)c2ccc(CC(=O)O)cc2c1. The Balaban J connectivity index is 2.57. The van der Waals surface area contributed by atoms with Crippen LogP contribution in [0.1, 0.15) is 16.7 Å². The Morgan fingerprint density at radius 2 is 1.94 bits per heavy atom. The number of carbonyl (C=O) groups is 1. The molecule has 2 nitrogen and oxygen atoms in total. The molecule has 0 saturated heterocycles. The van der Waals surface area contributed by atoms with Crippen LogP contribution in [0, 0.1) is 13.8 Å². The smallest absolute Gasteiger partial charge is 0.307 e. The summed E-state index contributed by atoms with van der Waals surface area (Å²) in [5, 5.41) is 11.1. The van der Waals surface area contributed by atoms with Crippen LogP contribution >= 0.6 is 0 Å². The van der Waals surface area contributed by atoms with Gasteiger partial charge in [0.15, 0.2) is 0 Å². The molecule has 0 amide bonds. The van der Waals surface area contributed by atoms with E-state index in [0.717, 1.165) is 10.9 Å². The minimum atomic E-state index is -0.788. The normalized spacial score (nSPS) is 10.6. The highest BCUT2D eigenvalue weighted by Crippen LogP contribution is 2.22. The van der Waals surface area contributed by atoms with Gasteiger partial charge in [-0.1, -0.05) is 35.9 Å². The lowest BCUT2D eigenvalue weighted by molar-refractivity contribution is -0.136. The lowest BCUT2D eigenvalue weighted by atomic mass is 9.99. The molecule has 2 aromatic rings. The molecule has 1 N–H and O–H groups in total. The first-order valence-corrected chi connectivity index (χ1v) is 5.28. The van der Waals surface area contributed by atoms with E-state index in [1.54, 1.807) is 0 Å². The van der Waals surface area contributed by atoms with Crippen molar-refractivity contribution in [3.63, 3.8) is 0 Å². The molecule has 0 saturated carbocycles. The number of aliphatic carboxylic acids is 1. The van der Waals surface area contributed by atoms with E-state index in [1.807, 2.05) is 18.2 Å². The van der Waals surface area contributed by atoms with Crippen molar-refractivity contribution >= 4 is 16.7 Å². The molecule has 0 radical (unpaired) electrons.